The van der Waals surface area contributed by atoms with Gasteiger partial charge in [-0.2, -0.15) is 0 Å². The van der Waals surface area contributed by atoms with Crippen LogP contribution in [0.2, 0.25) is 0 Å². The van der Waals surface area contributed by atoms with Gasteiger partial charge >= 0.3 is 0 Å². The normalized spacial score (nSPS) is 16.6. The minimum absolute atomic E-state index is 0.231. The van der Waals surface area contributed by atoms with Gasteiger partial charge in [-0.25, -0.2) is 4.39 Å². The maximum atomic E-state index is 13.5. The first-order valence-corrected chi connectivity index (χ1v) is 7.83. The van der Waals surface area contributed by atoms with E-state index in [1.54, 1.807) is 12.1 Å². The smallest absolute Gasteiger partial charge is 0.124 e. The van der Waals surface area contributed by atoms with Gasteiger partial charge in [0.1, 0.15) is 5.82 Å². The Morgan fingerprint density at radius 2 is 2.18 bits per heavy atom. The van der Waals surface area contributed by atoms with E-state index in [1.807, 2.05) is 13.0 Å². The van der Waals surface area contributed by atoms with E-state index in [-0.39, 0.29) is 5.82 Å². The van der Waals surface area contributed by atoms with E-state index >= 15 is 0 Å². The van der Waals surface area contributed by atoms with Crippen molar-refractivity contribution in [3.05, 3.63) is 35.8 Å². The van der Waals surface area contributed by atoms with Crippen molar-refractivity contribution in [1.29, 1.82) is 0 Å². The van der Waals surface area contributed by atoms with Crippen molar-refractivity contribution in [2.24, 2.45) is 0 Å². The summed E-state index contributed by atoms with van der Waals surface area (Å²) >= 11 is 0. The van der Waals surface area contributed by atoms with Crippen LogP contribution in [0.4, 0.5) is 10.1 Å². The Hall–Kier alpha value is -1.72. The van der Waals surface area contributed by atoms with Gasteiger partial charge < -0.3 is 10.1 Å². The van der Waals surface area contributed by atoms with Crippen LogP contribution in [-0.2, 0) is 4.74 Å². The zero-order valence-electron chi connectivity index (χ0n) is 12.9. The van der Waals surface area contributed by atoms with Crippen molar-refractivity contribution >= 4 is 16.6 Å². The predicted octanol–water partition coefficient (Wildman–Crippen LogP) is 2.82. The van der Waals surface area contributed by atoms with Crippen LogP contribution in [0.25, 0.3) is 10.9 Å². The van der Waals surface area contributed by atoms with E-state index in [0.717, 1.165) is 68.1 Å². The van der Waals surface area contributed by atoms with Crippen LogP contribution in [0.3, 0.4) is 0 Å². The van der Waals surface area contributed by atoms with Crippen LogP contribution in [0.5, 0.6) is 0 Å². The fraction of sp³-hybridized carbons (Fsp3) is 0.471. The van der Waals surface area contributed by atoms with E-state index in [0.29, 0.717) is 0 Å². The lowest BCUT2D eigenvalue weighted by molar-refractivity contribution is 0.142. The molecule has 1 aromatic carbocycles. The Kier molecular flexibility index (Phi) is 4.85. The number of nitrogens with one attached hydrogen (secondary N) is 1. The van der Waals surface area contributed by atoms with Gasteiger partial charge in [0.25, 0.3) is 0 Å². The molecule has 0 bridgehead atoms. The van der Waals surface area contributed by atoms with Crippen LogP contribution in [0, 0.1) is 12.7 Å². The molecule has 0 saturated carbocycles. The van der Waals surface area contributed by atoms with E-state index in [2.05, 4.69) is 15.2 Å². The van der Waals surface area contributed by atoms with Gasteiger partial charge in [0.15, 0.2) is 0 Å². The molecule has 1 aliphatic rings. The number of fused-ring (bicyclic) bond motifs is 1. The zero-order chi connectivity index (χ0) is 15.4. The first kappa shape index (κ1) is 15.2. The quantitative estimate of drug-likeness (QED) is 0.942. The molecule has 0 unspecified atom stereocenters. The lowest BCUT2D eigenvalue weighted by Gasteiger charge is -2.20. The van der Waals surface area contributed by atoms with Crippen molar-refractivity contribution in [3.8, 4) is 0 Å². The standard InChI is InChI=1S/C17H22FN3O/c1-13-11-17(15-12-14(18)3-4-16(15)20-13)19-5-7-21-6-2-9-22-10-8-21/h3-4,11-12H,2,5-10H2,1H3,(H,19,20). The van der Waals surface area contributed by atoms with Crippen LogP contribution in [0.15, 0.2) is 24.3 Å². The third kappa shape index (κ3) is 3.72. The number of anilines is 1. The first-order chi connectivity index (χ1) is 10.7. The molecule has 22 heavy (non-hydrogen) atoms. The molecule has 0 spiro atoms. The van der Waals surface area contributed by atoms with Crippen LogP contribution >= 0.6 is 0 Å². The molecule has 4 nitrogen and oxygen atoms in total. The van der Waals surface area contributed by atoms with Gasteiger partial charge in [-0.1, -0.05) is 0 Å². The fourth-order valence-electron chi connectivity index (χ4n) is 2.85. The molecule has 0 atom stereocenters. The SMILES string of the molecule is Cc1cc(NCCN2CCCOCC2)c2cc(F)ccc2n1. The van der Waals surface area contributed by atoms with E-state index in [1.165, 1.54) is 6.07 Å². The molecule has 1 N–H and O–H groups in total. The molecular weight excluding hydrogens is 281 g/mol. The topological polar surface area (TPSA) is 37.4 Å². The molecular formula is C17H22FN3O. The van der Waals surface area contributed by atoms with Crippen molar-refractivity contribution in [3.63, 3.8) is 0 Å². The number of rotatable bonds is 4. The predicted molar refractivity (Wildman–Crippen MR) is 86.8 cm³/mol. The minimum Gasteiger partial charge on any atom is -0.383 e. The summed E-state index contributed by atoms with van der Waals surface area (Å²) in [6.45, 7) is 7.47. The average molecular weight is 303 g/mol. The molecule has 0 amide bonds. The fourth-order valence-corrected chi connectivity index (χ4v) is 2.85. The van der Waals surface area contributed by atoms with E-state index in [9.17, 15) is 4.39 Å². The monoisotopic (exact) mass is 303 g/mol. The van der Waals surface area contributed by atoms with Crippen molar-refractivity contribution < 1.29 is 9.13 Å². The highest BCUT2D eigenvalue weighted by Gasteiger charge is 2.09. The number of hydrogen-bond acceptors (Lipinski definition) is 4. The highest BCUT2D eigenvalue weighted by Crippen LogP contribution is 2.23. The third-order valence-corrected chi connectivity index (χ3v) is 3.96. The molecule has 3 rings (SSSR count). The Morgan fingerprint density at radius 1 is 1.27 bits per heavy atom. The molecule has 2 heterocycles. The molecule has 1 aliphatic heterocycles. The van der Waals surface area contributed by atoms with E-state index < -0.39 is 0 Å². The van der Waals surface area contributed by atoms with Gasteiger partial charge in [-0.15, -0.1) is 0 Å². The van der Waals surface area contributed by atoms with Gasteiger partial charge in [0, 0.05) is 49.6 Å². The molecule has 1 aromatic heterocycles. The Bertz CT molecular complexity index is 639. The van der Waals surface area contributed by atoms with Crippen LogP contribution < -0.4 is 5.32 Å². The van der Waals surface area contributed by atoms with Gasteiger partial charge in [0.05, 0.1) is 12.1 Å². The summed E-state index contributed by atoms with van der Waals surface area (Å²) in [4.78, 5) is 6.85. The number of aryl methyl sites for hydroxylation is 1. The van der Waals surface area contributed by atoms with Crippen molar-refractivity contribution in [2.45, 2.75) is 13.3 Å². The first-order valence-electron chi connectivity index (χ1n) is 7.83. The van der Waals surface area contributed by atoms with E-state index in [4.69, 9.17) is 4.74 Å². The minimum atomic E-state index is -0.231. The second-order valence-corrected chi connectivity index (χ2v) is 5.71. The number of aromatic nitrogens is 1. The third-order valence-electron chi connectivity index (χ3n) is 3.96. The summed E-state index contributed by atoms with van der Waals surface area (Å²) < 4.78 is 19.0. The Labute approximate surface area is 130 Å². The molecule has 1 saturated heterocycles. The highest BCUT2D eigenvalue weighted by atomic mass is 19.1. The largest absolute Gasteiger partial charge is 0.383 e. The highest BCUT2D eigenvalue weighted by molar-refractivity contribution is 5.91. The van der Waals surface area contributed by atoms with Crippen molar-refractivity contribution in [1.82, 2.24) is 9.88 Å². The molecule has 2 aromatic rings. The van der Waals surface area contributed by atoms with Gasteiger partial charge in [0.2, 0.25) is 0 Å². The summed E-state index contributed by atoms with van der Waals surface area (Å²) in [5.74, 6) is -0.231. The summed E-state index contributed by atoms with van der Waals surface area (Å²) in [7, 11) is 0. The number of ether oxygens (including phenoxy) is 1. The lowest BCUT2D eigenvalue weighted by Crippen LogP contribution is -2.31. The second kappa shape index (κ2) is 7.03. The van der Waals surface area contributed by atoms with Crippen molar-refractivity contribution in [2.75, 3.05) is 44.7 Å². The molecule has 0 aliphatic carbocycles. The number of pyridine rings is 1. The average Bonchev–Trinajstić information content (AvgIpc) is 2.76. The summed E-state index contributed by atoms with van der Waals surface area (Å²) in [6, 6.07) is 6.71. The molecule has 1 fully saturated rings. The van der Waals surface area contributed by atoms with Crippen LogP contribution in [-0.4, -0.2) is 49.3 Å². The lowest BCUT2D eigenvalue weighted by atomic mass is 10.1. The maximum absolute atomic E-state index is 13.5. The van der Waals surface area contributed by atoms with Crippen LogP contribution in [0.1, 0.15) is 12.1 Å². The Morgan fingerprint density at radius 3 is 3.09 bits per heavy atom. The second-order valence-electron chi connectivity index (χ2n) is 5.71. The molecule has 0 radical (unpaired) electrons. The summed E-state index contributed by atoms with van der Waals surface area (Å²) in [5, 5.41) is 4.27. The zero-order valence-corrected chi connectivity index (χ0v) is 12.9. The summed E-state index contributed by atoms with van der Waals surface area (Å²) in [6.07, 6.45) is 1.09. The van der Waals surface area contributed by atoms with Gasteiger partial charge in [-0.3, -0.25) is 9.88 Å². The molecule has 118 valence electrons. The number of nitrogens with zero attached hydrogens (tertiary/aromatic N) is 2. The maximum Gasteiger partial charge on any atom is 0.124 e. The molecule has 5 heteroatoms. The summed E-state index contributed by atoms with van der Waals surface area (Å²) in [5.41, 5.74) is 2.71. The number of halogens is 1. The number of benzene rings is 1. The Balaban J connectivity index is 1.69. The number of hydrogen-bond donors (Lipinski definition) is 1. The van der Waals surface area contributed by atoms with Gasteiger partial charge in [-0.05, 0) is 37.6 Å².